The van der Waals surface area contributed by atoms with Crippen molar-refractivity contribution in [3.05, 3.63) is 17.9 Å². The molecule has 0 unspecified atom stereocenters. The van der Waals surface area contributed by atoms with Crippen LogP contribution in [-0.4, -0.2) is 7.05 Å². The van der Waals surface area contributed by atoms with Gasteiger partial charge in [0.1, 0.15) is 11.5 Å². The zero-order valence-electron chi connectivity index (χ0n) is 6.58. The molecule has 0 aromatic heterocycles. The molecule has 0 aliphatic rings. The lowest BCUT2D eigenvalue weighted by Gasteiger charge is -2.01. The number of hydrogen-bond acceptors (Lipinski definition) is 4. The molecule has 64 valence electrons. The number of benzene rings is 1. The molecule has 0 atom stereocenters. The van der Waals surface area contributed by atoms with Crippen LogP contribution >= 0.6 is 0 Å². The van der Waals surface area contributed by atoms with Gasteiger partial charge in [-0.3, -0.25) is 0 Å². The molecule has 1 rings (SSSR count). The van der Waals surface area contributed by atoms with E-state index in [0.29, 0.717) is 5.69 Å². The molecule has 0 aliphatic carbocycles. The highest BCUT2D eigenvalue weighted by atomic mass is 19.1. The second-order valence-corrected chi connectivity index (χ2v) is 2.23. The van der Waals surface area contributed by atoms with Gasteiger partial charge in [-0.25, -0.2) is 4.39 Å². The van der Waals surface area contributed by atoms with Gasteiger partial charge in [-0.1, -0.05) is 0 Å². The van der Waals surface area contributed by atoms with Crippen molar-refractivity contribution in [1.82, 2.24) is 0 Å². The van der Waals surface area contributed by atoms with E-state index in [1.807, 2.05) is 0 Å². The number of nitrogens with zero attached hydrogens (tertiary/aromatic N) is 2. The number of nitrogens with two attached hydrogens (primary N) is 2. The van der Waals surface area contributed by atoms with E-state index in [-0.39, 0.29) is 11.4 Å². The minimum Gasteiger partial charge on any atom is -0.397 e. The standard InChI is InChI=1S/C7H9FN4/c1-11-12-7-3-5(9)4(8)2-6(7)10/h2-3H,9-10H2,1H3. The summed E-state index contributed by atoms with van der Waals surface area (Å²) in [7, 11) is 1.50. The van der Waals surface area contributed by atoms with Crippen LogP contribution < -0.4 is 11.5 Å². The average Bonchev–Trinajstić information content (AvgIpc) is 2.01. The first-order chi connectivity index (χ1) is 5.65. The minimum atomic E-state index is -0.539. The Morgan fingerprint density at radius 1 is 1.25 bits per heavy atom. The van der Waals surface area contributed by atoms with Crippen molar-refractivity contribution in [3.8, 4) is 0 Å². The molecule has 5 heteroatoms. The van der Waals surface area contributed by atoms with Crippen LogP contribution in [0.2, 0.25) is 0 Å². The molecule has 4 nitrogen and oxygen atoms in total. The highest BCUT2D eigenvalue weighted by Gasteiger charge is 2.03. The molecule has 4 N–H and O–H groups in total. The summed E-state index contributed by atoms with van der Waals surface area (Å²) >= 11 is 0. The molecule has 12 heavy (non-hydrogen) atoms. The van der Waals surface area contributed by atoms with E-state index in [2.05, 4.69) is 10.2 Å². The molecule has 1 aromatic rings. The molecule has 0 amide bonds. The maximum atomic E-state index is 12.7. The number of hydrogen-bond donors (Lipinski definition) is 2. The van der Waals surface area contributed by atoms with Crippen LogP contribution in [0.3, 0.4) is 0 Å². The SMILES string of the molecule is CN=Nc1cc(N)c(F)cc1N. The predicted octanol–water partition coefficient (Wildman–Crippen LogP) is 1.70. The van der Waals surface area contributed by atoms with Crippen molar-refractivity contribution in [2.24, 2.45) is 10.2 Å². The van der Waals surface area contributed by atoms with Crippen molar-refractivity contribution in [1.29, 1.82) is 0 Å². The van der Waals surface area contributed by atoms with Crippen LogP contribution in [0.25, 0.3) is 0 Å². The Kier molecular flexibility index (Phi) is 2.23. The third-order valence-electron chi connectivity index (χ3n) is 1.35. The summed E-state index contributed by atoms with van der Waals surface area (Å²) in [6.45, 7) is 0. The quantitative estimate of drug-likeness (QED) is 0.494. The second-order valence-electron chi connectivity index (χ2n) is 2.23. The third-order valence-corrected chi connectivity index (χ3v) is 1.35. The van der Waals surface area contributed by atoms with Crippen molar-refractivity contribution >= 4 is 17.1 Å². The summed E-state index contributed by atoms with van der Waals surface area (Å²) in [4.78, 5) is 0. The molecule has 0 radical (unpaired) electrons. The fourth-order valence-corrected chi connectivity index (χ4v) is 0.788. The molecule has 0 aliphatic heterocycles. The molecule has 0 saturated carbocycles. The monoisotopic (exact) mass is 168 g/mol. The molecule has 0 fully saturated rings. The van der Waals surface area contributed by atoms with Gasteiger partial charge in [0.2, 0.25) is 0 Å². The molecular weight excluding hydrogens is 159 g/mol. The zero-order chi connectivity index (χ0) is 9.14. The summed E-state index contributed by atoms with van der Waals surface area (Å²) < 4.78 is 12.7. The number of halogens is 1. The molecule has 0 heterocycles. The smallest absolute Gasteiger partial charge is 0.148 e. The molecule has 0 spiro atoms. The number of rotatable bonds is 1. The van der Waals surface area contributed by atoms with Gasteiger partial charge in [0.25, 0.3) is 0 Å². The van der Waals surface area contributed by atoms with Crippen LogP contribution in [0.15, 0.2) is 22.4 Å². The fourth-order valence-electron chi connectivity index (χ4n) is 0.788. The maximum absolute atomic E-state index is 12.7. The van der Waals surface area contributed by atoms with Gasteiger partial charge < -0.3 is 11.5 Å². The van der Waals surface area contributed by atoms with Crippen molar-refractivity contribution in [2.45, 2.75) is 0 Å². The number of anilines is 2. The van der Waals surface area contributed by atoms with Crippen LogP contribution in [0.4, 0.5) is 21.5 Å². The van der Waals surface area contributed by atoms with E-state index in [9.17, 15) is 4.39 Å². The Morgan fingerprint density at radius 3 is 2.50 bits per heavy atom. The van der Waals surface area contributed by atoms with E-state index in [1.54, 1.807) is 0 Å². The summed E-state index contributed by atoms with van der Waals surface area (Å²) in [5.74, 6) is -0.539. The molecule has 0 bridgehead atoms. The number of azo groups is 1. The van der Waals surface area contributed by atoms with Crippen molar-refractivity contribution in [3.63, 3.8) is 0 Å². The van der Waals surface area contributed by atoms with Crippen LogP contribution in [0.5, 0.6) is 0 Å². The highest BCUT2D eigenvalue weighted by molar-refractivity contribution is 5.67. The maximum Gasteiger partial charge on any atom is 0.148 e. The van der Waals surface area contributed by atoms with E-state index < -0.39 is 5.82 Å². The summed E-state index contributed by atoms with van der Waals surface area (Å²) in [5.41, 5.74) is 11.3. The Morgan fingerprint density at radius 2 is 1.92 bits per heavy atom. The Hall–Kier alpha value is -1.65. The van der Waals surface area contributed by atoms with E-state index in [4.69, 9.17) is 11.5 Å². The van der Waals surface area contributed by atoms with Gasteiger partial charge in [0, 0.05) is 13.1 Å². The Bertz CT molecular complexity index is 321. The van der Waals surface area contributed by atoms with Crippen molar-refractivity contribution < 1.29 is 4.39 Å². The lowest BCUT2D eigenvalue weighted by Crippen LogP contribution is -1.93. The van der Waals surface area contributed by atoms with Crippen molar-refractivity contribution in [2.75, 3.05) is 18.5 Å². The van der Waals surface area contributed by atoms with Gasteiger partial charge in [-0.05, 0) is 6.07 Å². The van der Waals surface area contributed by atoms with Crippen LogP contribution in [0.1, 0.15) is 0 Å². The Balaban J connectivity index is 3.23. The lowest BCUT2D eigenvalue weighted by atomic mass is 10.2. The van der Waals surface area contributed by atoms with Gasteiger partial charge in [-0.15, -0.1) is 0 Å². The van der Waals surface area contributed by atoms with E-state index in [0.717, 1.165) is 6.07 Å². The summed E-state index contributed by atoms with van der Waals surface area (Å²) in [5, 5.41) is 7.17. The third kappa shape index (κ3) is 1.50. The average molecular weight is 168 g/mol. The topological polar surface area (TPSA) is 76.8 Å². The van der Waals surface area contributed by atoms with Gasteiger partial charge in [0.05, 0.1) is 11.4 Å². The second kappa shape index (κ2) is 3.17. The Labute approximate surface area is 69.1 Å². The highest BCUT2D eigenvalue weighted by Crippen LogP contribution is 2.26. The van der Waals surface area contributed by atoms with Crippen LogP contribution in [0, 0.1) is 5.82 Å². The van der Waals surface area contributed by atoms with Gasteiger partial charge in [-0.2, -0.15) is 10.2 Å². The van der Waals surface area contributed by atoms with E-state index in [1.165, 1.54) is 13.1 Å². The first-order valence-corrected chi connectivity index (χ1v) is 3.29. The zero-order valence-corrected chi connectivity index (χ0v) is 6.58. The molecular formula is C7H9FN4. The first-order valence-electron chi connectivity index (χ1n) is 3.29. The summed E-state index contributed by atoms with van der Waals surface area (Å²) in [6.07, 6.45) is 0. The first kappa shape index (κ1) is 8.45. The minimum absolute atomic E-state index is 0.0200. The number of nitrogen functional groups attached to an aromatic ring is 2. The molecule has 1 aromatic carbocycles. The largest absolute Gasteiger partial charge is 0.397 e. The predicted molar refractivity (Wildman–Crippen MR) is 45.7 cm³/mol. The fraction of sp³-hybridized carbons (Fsp3) is 0.143. The molecule has 0 saturated heterocycles. The normalized spacial score (nSPS) is 10.8. The van der Waals surface area contributed by atoms with Crippen LogP contribution in [-0.2, 0) is 0 Å². The van der Waals surface area contributed by atoms with Gasteiger partial charge in [0.15, 0.2) is 0 Å². The summed E-state index contributed by atoms with van der Waals surface area (Å²) in [6, 6.07) is 2.47. The van der Waals surface area contributed by atoms with E-state index >= 15 is 0 Å². The lowest BCUT2D eigenvalue weighted by molar-refractivity contribution is 0.633. The van der Waals surface area contributed by atoms with Gasteiger partial charge >= 0.3 is 0 Å².